The smallest absolute Gasteiger partial charge is 0.296 e. The molecular weight excluding hydrogens is 274 g/mol. The van der Waals surface area contributed by atoms with Crippen LogP contribution in [0.1, 0.15) is 12.8 Å². The van der Waals surface area contributed by atoms with Gasteiger partial charge >= 0.3 is 0 Å². The molecule has 0 radical (unpaired) electrons. The van der Waals surface area contributed by atoms with Crippen molar-refractivity contribution < 1.29 is 14.4 Å². The zero-order valence-corrected chi connectivity index (χ0v) is 12.6. The number of hydrogen-bond acceptors (Lipinski definition) is 6. The van der Waals surface area contributed by atoms with Gasteiger partial charge in [0.1, 0.15) is 5.69 Å². The maximum atomic E-state index is 11.3. The molecule has 1 fully saturated rings. The Morgan fingerprint density at radius 1 is 1.33 bits per heavy atom. The topological polar surface area (TPSA) is 76.9 Å². The quantitative estimate of drug-likeness (QED) is 0.662. The minimum Gasteiger partial charge on any atom is -0.493 e. The normalized spacial score (nSPS) is 19.1. The highest BCUT2D eigenvalue weighted by atomic mass is 16.6. The first kappa shape index (κ1) is 15.4. The fourth-order valence-electron chi connectivity index (χ4n) is 2.64. The van der Waals surface area contributed by atoms with E-state index in [2.05, 4.69) is 17.3 Å². The number of anilines is 1. The van der Waals surface area contributed by atoms with Gasteiger partial charge in [-0.15, -0.1) is 0 Å². The van der Waals surface area contributed by atoms with Gasteiger partial charge in [-0.05, 0) is 26.4 Å². The Morgan fingerprint density at radius 3 is 2.57 bits per heavy atom. The summed E-state index contributed by atoms with van der Waals surface area (Å²) in [6.45, 7) is 1.93. The van der Waals surface area contributed by atoms with Gasteiger partial charge in [0.2, 0.25) is 0 Å². The van der Waals surface area contributed by atoms with E-state index in [0.717, 1.165) is 25.9 Å². The first-order valence-corrected chi connectivity index (χ1v) is 6.90. The maximum absolute atomic E-state index is 11.3. The van der Waals surface area contributed by atoms with Crippen molar-refractivity contribution in [2.45, 2.75) is 18.9 Å². The summed E-state index contributed by atoms with van der Waals surface area (Å²) in [5, 5.41) is 14.5. The van der Waals surface area contributed by atoms with Crippen LogP contribution >= 0.6 is 0 Å². The number of nitrogens with zero attached hydrogens (tertiary/aromatic N) is 2. The highest BCUT2D eigenvalue weighted by Gasteiger charge is 2.23. The summed E-state index contributed by atoms with van der Waals surface area (Å²) in [5.74, 6) is 0.838. The van der Waals surface area contributed by atoms with Crippen molar-refractivity contribution in [1.82, 2.24) is 4.90 Å². The minimum absolute atomic E-state index is 0.000812. The second-order valence-corrected chi connectivity index (χ2v) is 5.23. The molecule has 0 amide bonds. The molecule has 0 aliphatic carbocycles. The number of nitrogens with one attached hydrogen (secondary N) is 1. The lowest BCUT2D eigenvalue weighted by Crippen LogP contribution is -2.39. The van der Waals surface area contributed by atoms with E-state index in [-0.39, 0.29) is 11.7 Å². The fraction of sp³-hybridized carbons (Fsp3) is 0.571. The standard InChI is InChI=1S/C14H21N3O4/c1-16-6-4-5-10(9-16)15-11-7-13(20-2)14(21-3)8-12(11)17(18)19/h7-8,10,15H,4-6,9H2,1-3H3. The molecule has 1 N–H and O–H groups in total. The molecule has 7 nitrogen and oxygen atoms in total. The lowest BCUT2D eigenvalue weighted by molar-refractivity contribution is -0.384. The summed E-state index contributed by atoms with van der Waals surface area (Å²) < 4.78 is 10.3. The molecule has 1 aromatic carbocycles. The number of benzene rings is 1. The molecule has 1 heterocycles. The molecule has 0 spiro atoms. The molecule has 1 aliphatic rings. The van der Waals surface area contributed by atoms with Crippen LogP contribution in [-0.2, 0) is 0 Å². The van der Waals surface area contributed by atoms with Gasteiger partial charge in [-0.25, -0.2) is 0 Å². The van der Waals surface area contributed by atoms with Gasteiger partial charge in [-0.3, -0.25) is 10.1 Å². The number of likely N-dealkylation sites (N-methyl/N-ethyl adjacent to an activating group) is 1. The molecular formula is C14H21N3O4. The summed E-state index contributed by atoms with van der Waals surface area (Å²) in [5.41, 5.74) is 0.471. The Labute approximate surface area is 124 Å². The lowest BCUT2D eigenvalue weighted by Gasteiger charge is -2.30. The van der Waals surface area contributed by atoms with Crippen molar-refractivity contribution in [3.63, 3.8) is 0 Å². The summed E-state index contributed by atoms with van der Waals surface area (Å²) in [6, 6.07) is 3.22. The third kappa shape index (κ3) is 3.55. The van der Waals surface area contributed by atoms with Crippen molar-refractivity contribution in [2.24, 2.45) is 0 Å². The summed E-state index contributed by atoms with van der Waals surface area (Å²) in [4.78, 5) is 13.1. The molecule has 1 aliphatic heterocycles. The molecule has 0 aromatic heterocycles. The van der Waals surface area contributed by atoms with Crippen molar-refractivity contribution in [1.29, 1.82) is 0 Å². The first-order chi connectivity index (χ1) is 10.0. The van der Waals surface area contributed by atoms with Gasteiger partial charge < -0.3 is 19.7 Å². The van der Waals surface area contributed by atoms with Crippen molar-refractivity contribution >= 4 is 11.4 Å². The highest BCUT2D eigenvalue weighted by molar-refractivity contribution is 5.68. The van der Waals surface area contributed by atoms with Gasteiger partial charge in [-0.1, -0.05) is 0 Å². The van der Waals surface area contributed by atoms with Gasteiger partial charge in [-0.2, -0.15) is 0 Å². The Morgan fingerprint density at radius 2 is 2.00 bits per heavy atom. The van der Waals surface area contributed by atoms with Crippen molar-refractivity contribution in [3.8, 4) is 11.5 Å². The predicted octanol–water partition coefficient (Wildman–Crippen LogP) is 2.12. The average molecular weight is 295 g/mol. The SMILES string of the molecule is COc1cc(NC2CCCN(C)C2)c([N+](=O)[O-])cc1OC. The molecule has 1 unspecified atom stereocenters. The lowest BCUT2D eigenvalue weighted by atomic mass is 10.1. The van der Waals surface area contributed by atoms with Crippen molar-refractivity contribution in [2.75, 3.05) is 39.7 Å². The number of likely N-dealkylation sites (tertiary alicyclic amines) is 1. The van der Waals surface area contributed by atoms with E-state index in [4.69, 9.17) is 9.47 Å². The fourth-order valence-corrected chi connectivity index (χ4v) is 2.64. The number of nitro groups is 1. The molecule has 0 bridgehead atoms. The van der Waals surface area contributed by atoms with E-state index in [1.807, 2.05) is 0 Å². The average Bonchev–Trinajstić information content (AvgIpc) is 2.46. The zero-order chi connectivity index (χ0) is 15.4. The Balaban J connectivity index is 2.29. The van der Waals surface area contributed by atoms with Crippen molar-refractivity contribution in [3.05, 3.63) is 22.2 Å². The van der Waals surface area contributed by atoms with Gasteiger partial charge in [0.25, 0.3) is 5.69 Å². The number of ether oxygens (including phenoxy) is 2. The first-order valence-electron chi connectivity index (χ1n) is 6.90. The van der Waals surface area contributed by atoms with Crippen LogP contribution < -0.4 is 14.8 Å². The number of hydrogen-bond donors (Lipinski definition) is 1. The second-order valence-electron chi connectivity index (χ2n) is 5.23. The molecule has 0 saturated carbocycles. The summed E-state index contributed by atoms with van der Waals surface area (Å²) >= 11 is 0. The Kier molecular flexibility index (Phi) is 4.85. The van der Waals surface area contributed by atoms with Crippen LogP contribution in [0.3, 0.4) is 0 Å². The molecule has 2 rings (SSSR count). The van der Waals surface area contributed by atoms with Crippen LogP contribution in [-0.4, -0.2) is 50.2 Å². The third-order valence-electron chi connectivity index (χ3n) is 3.68. The van der Waals surface area contributed by atoms with E-state index >= 15 is 0 Å². The highest BCUT2D eigenvalue weighted by Crippen LogP contribution is 2.38. The second kappa shape index (κ2) is 6.62. The van der Waals surface area contributed by atoms with Gasteiger partial charge in [0.15, 0.2) is 11.5 Å². The third-order valence-corrected chi connectivity index (χ3v) is 3.68. The van der Waals surface area contributed by atoms with E-state index in [0.29, 0.717) is 17.2 Å². The molecule has 7 heteroatoms. The molecule has 116 valence electrons. The van der Waals surface area contributed by atoms with E-state index in [1.54, 1.807) is 6.07 Å². The number of methoxy groups -OCH3 is 2. The van der Waals surface area contributed by atoms with E-state index < -0.39 is 4.92 Å². The van der Waals surface area contributed by atoms with Crippen LogP contribution in [0.2, 0.25) is 0 Å². The van der Waals surface area contributed by atoms with Gasteiger partial charge in [0, 0.05) is 18.7 Å². The van der Waals surface area contributed by atoms with Crippen LogP contribution in [0.15, 0.2) is 12.1 Å². The largest absolute Gasteiger partial charge is 0.493 e. The molecule has 1 atom stereocenters. The molecule has 1 aromatic rings. The molecule has 1 saturated heterocycles. The maximum Gasteiger partial charge on any atom is 0.296 e. The van der Waals surface area contributed by atoms with E-state index in [9.17, 15) is 10.1 Å². The predicted molar refractivity (Wildman–Crippen MR) is 80.3 cm³/mol. The van der Waals surface area contributed by atoms with Crippen LogP contribution in [0.5, 0.6) is 11.5 Å². The summed E-state index contributed by atoms with van der Waals surface area (Å²) in [7, 11) is 5.03. The van der Waals surface area contributed by atoms with Crippen LogP contribution in [0.25, 0.3) is 0 Å². The summed E-state index contributed by atoms with van der Waals surface area (Å²) in [6.07, 6.45) is 2.07. The Hall–Kier alpha value is -2.02. The number of rotatable bonds is 5. The van der Waals surface area contributed by atoms with Gasteiger partial charge in [0.05, 0.1) is 25.2 Å². The van der Waals surface area contributed by atoms with E-state index in [1.165, 1.54) is 20.3 Å². The van der Waals surface area contributed by atoms with Crippen LogP contribution in [0, 0.1) is 10.1 Å². The molecule has 21 heavy (non-hydrogen) atoms. The Bertz CT molecular complexity index is 521. The zero-order valence-electron chi connectivity index (χ0n) is 12.6. The van der Waals surface area contributed by atoms with Crippen LogP contribution in [0.4, 0.5) is 11.4 Å². The monoisotopic (exact) mass is 295 g/mol. The number of piperidine rings is 1. The minimum atomic E-state index is -0.406. The number of nitro benzene ring substituents is 1.